The third-order valence-corrected chi connectivity index (χ3v) is 4.53. The summed E-state index contributed by atoms with van der Waals surface area (Å²) in [6.07, 6.45) is 6.19. The van der Waals surface area contributed by atoms with Crippen LogP contribution in [0.2, 0.25) is 0 Å². The predicted octanol–water partition coefficient (Wildman–Crippen LogP) is 2.49. The predicted molar refractivity (Wildman–Crippen MR) is 103 cm³/mol. The molecule has 0 spiro atoms. The third kappa shape index (κ3) is 5.40. The van der Waals surface area contributed by atoms with Gasteiger partial charge in [0, 0.05) is 49.9 Å². The van der Waals surface area contributed by atoms with Gasteiger partial charge in [-0.3, -0.25) is 9.78 Å². The number of aromatic nitrogens is 3. The zero-order valence-electron chi connectivity index (χ0n) is 14.7. The fraction of sp³-hybridized carbons (Fsp3) is 0.529. The SMILES string of the molecule is CC1CCN(C(=O)CCc2nc(-c3ccncc3)no2)C(CN)C1.Cl.Cl. The molecule has 2 N–H and O–H groups in total. The lowest BCUT2D eigenvalue weighted by Gasteiger charge is -2.38. The van der Waals surface area contributed by atoms with Crippen molar-refractivity contribution in [2.24, 2.45) is 11.7 Å². The van der Waals surface area contributed by atoms with Gasteiger partial charge in [0.2, 0.25) is 17.6 Å². The van der Waals surface area contributed by atoms with Gasteiger partial charge in [0.05, 0.1) is 0 Å². The van der Waals surface area contributed by atoms with Crippen LogP contribution in [0.5, 0.6) is 0 Å². The van der Waals surface area contributed by atoms with Gasteiger partial charge in [-0.15, -0.1) is 24.8 Å². The molecule has 2 aromatic heterocycles. The van der Waals surface area contributed by atoms with Gasteiger partial charge in [0.25, 0.3) is 0 Å². The second kappa shape index (κ2) is 10.4. The van der Waals surface area contributed by atoms with Gasteiger partial charge < -0.3 is 15.2 Å². The maximum absolute atomic E-state index is 12.5. The van der Waals surface area contributed by atoms with E-state index in [1.807, 2.05) is 17.0 Å². The van der Waals surface area contributed by atoms with Crippen LogP contribution in [0.15, 0.2) is 29.0 Å². The lowest BCUT2D eigenvalue weighted by molar-refractivity contribution is -0.135. The molecule has 2 atom stereocenters. The van der Waals surface area contributed by atoms with Crippen LogP contribution in [0.1, 0.15) is 32.1 Å². The summed E-state index contributed by atoms with van der Waals surface area (Å²) in [6.45, 7) is 3.51. The van der Waals surface area contributed by atoms with Crippen molar-refractivity contribution >= 4 is 30.7 Å². The number of aryl methyl sites for hydroxylation is 1. The van der Waals surface area contributed by atoms with Crippen LogP contribution in [-0.2, 0) is 11.2 Å². The van der Waals surface area contributed by atoms with E-state index in [4.69, 9.17) is 10.3 Å². The Kier molecular flexibility index (Phi) is 8.98. The molecule has 2 unspecified atom stereocenters. The number of hydrogen-bond donors (Lipinski definition) is 1. The molecule has 144 valence electrons. The molecule has 0 radical (unpaired) electrons. The summed E-state index contributed by atoms with van der Waals surface area (Å²) in [5.41, 5.74) is 6.68. The quantitative estimate of drug-likeness (QED) is 0.825. The summed E-state index contributed by atoms with van der Waals surface area (Å²) < 4.78 is 5.25. The summed E-state index contributed by atoms with van der Waals surface area (Å²) in [5, 5.41) is 3.96. The molecule has 7 nitrogen and oxygen atoms in total. The normalized spacial score (nSPS) is 19.4. The first kappa shape index (κ1) is 22.3. The third-order valence-electron chi connectivity index (χ3n) is 4.53. The number of pyridine rings is 1. The van der Waals surface area contributed by atoms with Crippen LogP contribution < -0.4 is 5.73 Å². The summed E-state index contributed by atoms with van der Waals surface area (Å²) in [6, 6.07) is 3.79. The van der Waals surface area contributed by atoms with Crippen molar-refractivity contribution in [2.75, 3.05) is 13.1 Å². The van der Waals surface area contributed by atoms with E-state index < -0.39 is 0 Å². The van der Waals surface area contributed by atoms with Gasteiger partial charge >= 0.3 is 0 Å². The fourth-order valence-corrected chi connectivity index (χ4v) is 3.14. The number of carbonyl (C=O) groups excluding carboxylic acids is 1. The first-order valence-corrected chi connectivity index (χ1v) is 8.40. The Balaban J connectivity index is 0.00000169. The molecule has 0 bridgehead atoms. The largest absolute Gasteiger partial charge is 0.339 e. The Morgan fingerprint density at radius 3 is 2.77 bits per heavy atom. The number of hydrogen-bond acceptors (Lipinski definition) is 6. The van der Waals surface area contributed by atoms with Crippen LogP contribution in [0.3, 0.4) is 0 Å². The number of nitrogens with two attached hydrogens (primary N) is 1. The summed E-state index contributed by atoms with van der Waals surface area (Å²) >= 11 is 0. The van der Waals surface area contributed by atoms with Crippen LogP contribution in [0, 0.1) is 5.92 Å². The van der Waals surface area contributed by atoms with Crippen molar-refractivity contribution in [3.05, 3.63) is 30.4 Å². The molecule has 0 aromatic carbocycles. The van der Waals surface area contributed by atoms with Gasteiger partial charge in [-0.25, -0.2) is 0 Å². The van der Waals surface area contributed by atoms with Gasteiger partial charge in [0.15, 0.2) is 0 Å². The topological polar surface area (TPSA) is 98.1 Å². The van der Waals surface area contributed by atoms with Crippen molar-refractivity contribution in [1.82, 2.24) is 20.0 Å². The van der Waals surface area contributed by atoms with Crippen molar-refractivity contribution in [2.45, 2.75) is 38.6 Å². The molecule has 9 heteroatoms. The molecule has 1 fully saturated rings. The minimum atomic E-state index is 0. The summed E-state index contributed by atoms with van der Waals surface area (Å²) in [7, 11) is 0. The van der Waals surface area contributed by atoms with Gasteiger partial charge in [-0.1, -0.05) is 12.1 Å². The second-order valence-electron chi connectivity index (χ2n) is 6.35. The highest BCUT2D eigenvalue weighted by Gasteiger charge is 2.28. The van der Waals surface area contributed by atoms with Gasteiger partial charge in [-0.05, 0) is 30.9 Å². The van der Waals surface area contributed by atoms with Crippen LogP contribution in [-0.4, -0.2) is 45.1 Å². The maximum Gasteiger partial charge on any atom is 0.227 e. The molecule has 0 aliphatic carbocycles. The highest BCUT2D eigenvalue weighted by Crippen LogP contribution is 2.23. The molecule has 1 amide bonds. The van der Waals surface area contributed by atoms with Crippen molar-refractivity contribution in [3.63, 3.8) is 0 Å². The van der Waals surface area contributed by atoms with Crippen molar-refractivity contribution < 1.29 is 9.32 Å². The van der Waals surface area contributed by atoms with Crippen LogP contribution in [0.4, 0.5) is 0 Å². The maximum atomic E-state index is 12.5. The first-order valence-electron chi connectivity index (χ1n) is 8.40. The van der Waals surface area contributed by atoms with Gasteiger partial charge in [-0.2, -0.15) is 4.98 Å². The van der Waals surface area contributed by atoms with E-state index in [0.29, 0.717) is 37.0 Å². The Hall–Kier alpha value is -1.70. The molecule has 3 heterocycles. The van der Waals surface area contributed by atoms with E-state index in [0.717, 1.165) is 24.9 Å². The molecule has 3 rings (SSSR count). The number of nitrogens with zero attached hydrogens (tertiary/aromatic N) is 4. The first-order chi connectivity index (χ1) is 11.7. The molecular formula is C17H25Cl2N5O2. The Morgan fingerprint density at radius 2 is 2.08 bits per heavy atom. The van der Waals surface area contributed by atoms with Crippen molar-refractivity contribution in [3.8, 4) is 11.4 Å². The minimum absolute atomic E-state index is 0. The van der Waals surface area contributed by atoms with E-state index in [1.165, 1.54) is 0 Å². The lowest BCUT2D eigenvalue weighted by Crippen LogP contribution is -2.49. The Morgan fingerprint density at radius 1 is 1.35 bits per heavy atom. The van der Waals surface area contributed by atoms with Crippen molar-refractivity contribution in [1.29, 1.82) is 0 Å². The number of piperidine rings is 1. The standard InChI is InChI=1S/C17H23N5O2.2ClH/c1-12-6-9-22(14(10-12)11-18)16(23)3-2-15-20-17(21-24-15)13-4-7-19-8-5-13;;/h4-5,7-8,12,14H,2-3,6,9-11,18H2,1H3;2*1H. The molecule has 1 aliphatic heterocycles. The number of amides is 1. The van der Waals surface area contributed by atoms with Crippen LogP contribution >= 0.6 is 24.8 Å². The highest BCUT2D eigenvalue weighted by molar-refractivity contribution is 5.85. The Labute approximate surface area is 165 Å². The van der Waals surface area contributed by atoms with E-state index in [1.54, 1.807) is 12.4 Å². The summed E-state index contributed by atoms with van der Waals surface area (Å²) in [4.78, 5) is 22.7. The molecular weight excluding hydrogens is 377 g/mol. The zero-order chi connectivity index (χ0) is 16.9. The molecule has 2 aromatic rings. The fourth-order valence-electron chi connectivity index (χ4n) is 3.14. The smallest absolute Gasteiger partial charge is 0.227 e. The number of halogens is 2. The molecule has 0 saturated carbocycles. The summed E-state index contributed by atoms with van der Waals surface area (Å²) in [5.74, 6) is 1.73. The van der Waals surface area contributed by atoms with Crippen LogP contribution in [0.25, 0.3) is 11.4 Å². The average molecular weight is 402 g/mol. The van der Waals surface area contributed by atoms with Gasteiger partial charge in [0.1, 0.15) is 0 Å². The number of carbonyl (C=O) groups is 1. The zero-order valence-corrected chi connectivity index (χ0v) is 16.3. The minimum Gasteiger partial charge on any atom is -0.339 e. The van der Waals surface area contributed by atoms with E-state index in [-0.39, 0.29) is 36.8 Å². The van der Waals surface area contributed by atoms with E-state index in [2.05, 4.69) is 22.0 Å². The molecule has 1 aliphatic rings. The molecule has 26 heavy (non-hydrogen) atoms. The number of rotatable bonds is 5. The number of likely N-dealkylation sites (tertiary alicyclic amines) is 1. The van der Waals surface area contributed by atoms with E-state index in [9.17, 15) is 4.79 Å². The Bertz CT molecular complexity index is 683. The second-order valence-corrected chi connectivity index (χ2v) is 6.35. The monoisotopic (exact) mass is 401 g/mol. The lowest BCUT2D eigenvalue weighted by atomic mass is 9.92. The highest BCUT2D eigenvalue weighted by atomic mass is 35.5. The molecule has 1 saturated heterocycles. The van der Waals surface area contributed by atoms with E-state index >= 15 is 0 Å². The average Bonchev–Trinajstić information content (AvgIpc) is 3.09.